The van der Waals surface area contributed by atoms with E-state index in [2.05, 4.69) is 5.10 Å². The molecule has 1 aliphatic carbocycles. The Labute approximate surface area is 163 Å². The highest BCUT2D eigenvalue weighted by molar-refractivity contribution is 5.38. The number of aromatic nitrogens is 3. The molecule has 1 saturated carbocycles. The van der Waals surface area contributed by atoms with E-state index in [-0.39, 0.29) is 18.6 Å². The highest BCUT2D eigenvalue weighted by Gasteiger charge is 2.34. The Balaban J connectivity index is 1.63. The number of aliphatic hydroxyl groups excluding tert-OH is 1. The molecule has 3 atom stereocenters. The van der Waals surface area contributed by atoms with Crippen molar-refractivity contribution in [2.24, 2.45) is 5.73 Å². The van der Waals surface area contributed by atoms with Crippen molar-refractivity contribution in [2.45, 2.75) is 37.5 Å². The molecule has 1 aromatic heterocycles. The lowest BCUT2D eigenvalue weighted by molar-refractivity contribution is 0.163. The summed E-state index contributed by atoms with van der Waals surface area (Å²) in [7, 11) is 1.64. The third-order valence-electron chi connectivity index (χ3n) is 5.05. The number of rotatable bonds is 6. The van der Waals surface area contributed by atoms with Gasteiger partial charge in [0, 0.05) is 12.0 Å². The smallest absolute Gasteiger partial charge is 0.188 e. The zero-order chi connectivity index (χ0) is 19.5. The van der Waals surface area contributed by atoms with Crippen molar-refractivity contribution in [1.29, 1.82) is 0 Å². The van der Waals surface area contributed by atoms with Crippen molar-refractivity contribution >= 4 is 0 Å². The molecular weight excluding hydrogens is 356 g/mol. The maximum absolute atomic E-state index is 10.1. The minimum absolute atomic E-state index is 0.0464. The first-order valence-electron chi connectivity index (χ1n) is 9.36. The van der Waals surface area contributed by atoms with Crippen LogP contribution < -0.4 is 15.2 Å². The lowest BCUT2D eigenvalue weighted by atomic mass is 10.1. The van der Waals surface area contributed by atoms with E-state index >= 15 is 0 Å². The predicted molar refractivity (Wildman–Crippen MR) is 105 cm³/mol. The quantitative estimate of drug-likeness (QED) is 0.682. The van der Waals surface area contributed by atoms with E-state index in [0.717, 1.165) is 23.0 Å². The van der Waals surface area contributed by atoms with Crippen LogP contribution in [0.15, 0.2) is 54.6 Å². The average molecular weight is 380 g/mol. The van der Waals surface area contributed by atoms with Gasteiger partial charge in [-0.2, -0.15) is 0 Å². The minimum Gasteiger partial charge on any atom is -0.497 e. The van der Waals surface area contributed by atoms with Gasteiger partial charge in [0.2, 0.25) is 0 Å². The van der Waals surface area contributed by atoms with Crippen molar-refractivity contribution < 1.29 is 14.6 Å². The van der Waals surface area contributed by atoms with Crippen molar-refractivity contribution in [3.63, 3.8) is 0 Å². The molecule has 3 N–H and O–H groups in total. The van der Waals surface area contributed by atoms with E-state index in [1.165, 1.54) is 0 Å². The summed E-state index contributed by atoms with van der Waals surface area (Å²) in [4.78, 5) is 4.72. The fourth-order valence-corrected chi connectivity index (χ4v) is 3.53. The number of methoxy groups -OCH3 is 1. The van der Waals surface area contributed by atoms with Crippen LogP contribution >= 0.6 is 0 Å². The van der Waals surface area contributed by atoms with Gasteiger partial charge in [-0.1, -0.05) is 18.2 Å². The molecule has 0 amide bonds. The van der Waals surface area contributed by atoms with Gasteiger partial charge in [-0.05, 0) is 49.2 Å². The first-order chi connectivity index (χ1) is 13.6. The van der Waals surface area contributed by atoms with Gasteiger partial charge in [0.1, 0.15) is 23.9 Å². The summed E-state index contributed by atoms with van der Waals surface area (Å²) in [6.07, 6.45) is 0.735. The predicted octanol–water partition coefficient (Wildman–Crippen LogP) is 2.42. The summed E-state index contributed by atoms with van der Waals surface area (Å²) in [6.45, 7) is 0.265. The number of nitrogens with zero attached hydrogens (tertiary/aromatic N) is 3. The highest BCUT2D eigenvalue weighted by Crippen LogP contribution is 2.34. The third kappa shape index (κ3) is 3.85. The standard InChI is InChI=1S/C21H24N4O3/c1-27-16-9-7-15(8-10-16)25-21(14-11-18(22)19(26)12-14)23-20(24-25)13-28-17-5-3-2-4-6-17/h2-10,14,18-19,26H,11-13,22H2,1H3/t14-,18+,19+/m0/s1. The van der Waals surface area contributed by atoms with E-state index in [1.807, 2.05) is 59.3 Å². The normalized spacial score (nSPS) is 21.6. The average Bonchev–Trinajstić information content (AvgIpc) is 3.30. The summed E-state index contributed by atoms with van der Waals surface area (Å²) in [6, 6.07) is 17.0. The molecular formula is C21H24N4O3. The second kappa shape index (κ2) is 8.00. The van der Waals surface area contributed by atoms with Crippen LogP contribution in [0, 0.1) is 0 Å². The molecule has 7 nitrogen and oxygen atoms in total. The van der Waals surface area contributed by atoms with Gasteiger partial charge >= 0.3 is 0 Å². The molecule has 0 radical (unpaired) electrons. The molecule has 0 saturated heterocycles. The van der Waals surface area contributed by atoms with Crippen LogP contribution in [0.4, 0.5) is 0 Å². The molecule has 3 aromatic rings. The Hall–Kier alpha value is -2.90. The molecule has 1 aliphatic rings. The number of para-hydroxylation sites is 1. The van der Waals surface area contributed by atoms with Crippen LogP contribution in [0.2, 0.25) is 0 Å². The topological polar surface area (TPSA) is 95.4 Å². The van der Waals surface area contributed by atoms with Crippen LogP contribution in [0.5, 0.6) is 11.5 Å². The number of hydrogen-bond acceptors (Lipinski definition) is 6. The van der Waals surface area contributed by atoms with Gasteiger partial charge in [-0.15, -0.1) is 5.10 Å². The maximum Gasteiger partial charge on any atom is 0.188 e. The van der Waals surface area contributed by atoms with E-state index in [9.17, 15) is 5.11 Å². The molecule has 2 aromatic carbocycles. The number of aliphatic hydroxyl groups is 1. The van der Waals surface area contributed by atoms with Gasteiger partial charge in [0.15, 0.2) is 5.82 Å². The number of nitrogens with two attached hydrogens (primary N) is 1. The number of ether oxygens (including phenoxy) is 2. The fourth-order valence-electron chi connectivity index (χ4n) is 3.53. The van der Waals surface area contributed by atoms with Crippen molar-refractivity contribution in [3.8, 4) is 17.2 Å². The van der Waals surface area contributed by atoms with Crippen molar-refractivity contribution in [2.75, 3.05) is 7.11 Å². The molecule has 0 bridgehead atoms. The lowest BCUT2D eigenvalue weighted by Crippen LogP contribution is -2.28. The summed E-state index contributed by atoms with van der Waals surface area (Å²) >= 11 is 0. The number of hydrogen-bond donors (Lipinski definition) is 2. The SMILES string of the molecule is COc1ccc(-n2nc(COc3ccccc3)nc2[C@H]2C[C@@H](N)[C@H](O)C2)cc1. The second-order valence-corrected chi connectivity index (χ2v) is 7.00. The van der Waals surface area contributed by atoms with Crippen LogP contribution in [0.3, 0.4) is 0 Å². The van der Waals surface area contributed by atoms with Crippen LogP contribution in [0.1, 0.15) is 30.4 Å². The molecule has 0 spiro atoms. The minimum atomic E-state index is -0.518. The third-order valence-corrected chi connectivity index (χ3v) is 5.05. The van der Waals surface area contributed by atoms with Crippen molar-refractivity contribution in [3.05, 3.63) is 66.2 Å². The van der Waals surface area contributed by atoms with Crippen LogP contribution in [0.25, 0.3) is 5.69 Å². The fraction of sp³-hybridized carbons (Fsp3) is 0.333. The monoisotopic (exact) mass is 380 g/mol. The van der Waals surface area contributed by atoms with E-state index in [1.54, 1.807) is 7.11 Å². The molecule has 146 valence electrons. The van der Waals surface area contributed by atoms with Gasteiger partial charge in [0.25, 0.3) is 0 Å². The van der Waals surface area contributed by atoms with E-state index in [4.69, 9.17) is 20.2 Å². The molecule has 7 heteroatoms. The largest absolute Gasteiger partial charge is 0.497 e. The van der Waals surface area contributed by atoms with E-state index < -0.39 is 6.10 Å². The highest BCUT2D eigenvalue weighted by atomic mass is 16.5. The molecule has 0 aliphatic heterocycles. The molecule has 1 fully saturated rings. The first kappa shape index (κ1) is 18.5. The zero-order valence-corrected chi connectivity index (χ0v) is 15.7. The lowest BCUT2D eigenvalue weighted by Gasteiger charge is -2.11. The summed E-state index contributed by atoms with van der Waals surface area (Å²) in [5, 5.41) is 14.8. The Morgan fingerprint density at radius 3 is 2.46 bits per heavy atom. The second-order valence-electron chi connectivity index (χ2n) is 7.00. The Morgan fingerprint density at radius 2 is 1.82 bits per heavy atom. The van der Waals surface area contributed by atoms with E-state index in [0.29, 0.717) is 18.7 Å². The zero-order valence-electron chi connectivity index (χ0n) is 15.7. The molecule has 4 rings (SSSR count). The van der Waals surface area contributed by atoms with Crippen LogP contribution in [-0.2, 0) is 6.61 Å². The molecule has 1 heterocycles. The molecule has 0 unspecified atom stereocenters. The Kier molecular flexibility index (Phi) is 5.27. The number of benzene rings is 2. The summed E-state index contributed by atoms with van der Waals surface area (Å²) < 4.78 is 12.9. The Bertz CT molecular complexity index is 901. The van der Waals surface area contributed by atoms with Gasteiger partial charge < -0.3 is 20.3 Å². The van der Waals surface area contributed by atoms with Crippen molar-refractivity contribution in [1.82, 2.24) is 14.8 Å². The summed E-state index contributed by atoms with van der Waals surface area (Å²) in [5.74, 6) is 2.97. The van der Waals surface area contributed by atoms with Gasteiger partial charge in [0.05, 0.1) is 18.9 Å². The van der Waals surface area contributed by atoms with Gasteiger partial charge in [-0.25, -0.2) is 9.67 Å². The summed E-state index contributed by atoms with van der Waals surface area (Å²) in [5.41, 5.74) is 6.90. The molecule has 28 heavy (non-hydrogen) atoms. The maximum atomic E-state index is 10.1. The Morgan fingerprint density at radius 1 is 1.07 bits per heavy atom. The first-order valence-corrected chi connectivity index (χ1v) is 9.36. The van der Waals surface area contributed by atoms with Gasteiger partial charge in [-0.3, -0.25) is 0 Å². The van der Waals surface area contributed by atoms with Crippen LogP contribution in [-0.4, -0.2) is 39.1 Å².